The maximum atomic E-state index is 12.0. The third-order valence-corrected chi connectivity index (χ3v) is 4.21. The van der Waals surface area contributed by atoms with Crippen molar-refractivity contribution in [3.05, 3.63) is 46.5 Å². The highest BCUT2D eigenvalue weighted by Gasteiger charge is 2.14. The lowest BCUT2D eigenvalue weighted by atomic mass is 9.93. The molecule has 1 heterocycles. The number of amides is 1. The van der Waals surface area contributed by atoms with Crippen molar-refractivity contribution in [2.45, 2.75) is 25.7 Å². The van der Waals surface area contributed by atoms with E-state index in [1.165, 1.54) is 5.56 Å². The van der Waals surface area contributed by atoms with Gasteiger partial charge >= 0.3 is 0 Å². The van der Waals surface area contributed by atoms with E-state index < -0.39 is 0 Å². The zero-order valence-electron chi connectivity index (χ0n) is 12.0. The van der Waals surface area contributed by atoms with Crippen LogP contribution in [0.4, 0.5) is 0 Å². The number of nitrogens with zero attached hydrogens (tertiary/aromatic N) is 2. The Labute approximate surface area is 128 Å². The van der Waals surface area contributed by atoms with Gasteiger partial charge in [0.25, 0.3) is 5.91 Å². The summed E-state index contributed by atoms with van der Waals surface area (Å²) >= 11 is 1.11. The van der Waals surface area contributed by atoms with Gasteiger partial charge in [-0.25, -0.2) is 0 Å². The van der Waals surface area contributed by atoms with Gasteiger partial charge < -0.3 is 10.4 Å². The number of aliphatic hydroxyl groups is 1. The van der Waals surface area contributed by atoms with Gasteiger partial charge in [-0.3, -0.25) is 4.79 Å². The number of aromatic nitrogens is 2. The number of nitrogens with one attached hydrogen (secondary N) is 1. The van der Waals surface area contributed by atoms with Crippen molar-refractivity contribution < 1.29 is 9.90 Å². The van der Waals surface area contributed by atoms with E-state index in [1.807, 2.05) is 18.2 Å². The van der Waals surface area contributed by atoms with E-state index >= 15 is 0 Å². The summed E-state index contributed by atoms with van der Waals surface area (Å²) in [5, 5.41) is 15.9. The van der Waals surface area contributed by atoms with Gasteiger partial charge in [-0.05, 0) is 42.8 Å². The van der Waals surface area contributed by atoms with Gasteiger partial charge in [0.15, 0.2) is 0 Å². The molecule has 112 valence electrons. The average Bonchev–Trinajstić information content (AvgIpc) is 2.93. The van der Waals surface area contributed by atoms with E-state index in [0.717, 1.165) is 18.0 Å². The molecule has 0 spiro atoms. The van der Waals surface area contributed by atoms with Crippen LogP contribution in [0.5, 0.6) is 0 Å². The highest BCUT2D eigenvalue weighted by atomic mass is 32.1. The first kappa shape index (κ1) is 15.6. The second kappa shape index (κ2) is 7.85. The summed E-state index contributed by atoms with van der Waals surface area (Å²) in [5.41, 5.74) is 1.85. The normalized spacial score (nSPS) is 12.1. The summed E-state index contributed by atoms with van der Waals surface area (Å²) < 4.78 is 3.76. The average molecular weight is 305 g/mol. The molecule has 1 aromatic heterocycles. The Morgan fingerprint density at radius 2 is 2.10 bits per heavy atom. The summed E-state index contributed by atoms with van der Waals surface area (Å²) in [6, 6.07) is 10.1. The molecule has 0 saturated heterocycles. The van der Waals surface area contributed by atoms with Crippen LogP contribution in [0.15, 0.2) is 30.3 Å². The molecule has 5 nitrogen and oxygen atoms in total. The highest BCUT2D eigenvalue weighted by molar-refractivity contribution is 7.07. The Hall–Kier alpha value is -1.79. The van der Waals surface area contributed by atoms with Gasteiger partial charge in [0.1, 0.15) is 4.88 Å². The third-order valence-electron chi connectivity index (χ3n) is 3.38. The summed E-state index contributed by atoms with van der Waals surface area (Å²) in [6.45, 7) is 2.48. The molecule has 1 atom stereocenters. The SMILES string of the molecule is Cc1nnsc1C(=O)NCCC(CCO)c1ccccc1. The zero-order chi connectivity index (χ0) is 15.1. The maximum Gasteiger partial charge on any atom is 0.264 e. The topological polar surface area (TPSA) is 75.1 Å². The second-order valence-electron chi connectivity index (χ2n) is 4.85. The van der Waals surface area contributed by atoms with Crippen LogP contribution < -0.4 is 5.32 Å². The Kier molecular flexibility index (Phi) is 5.83. The predicted octanol–water partition coefficient (Wildman–Crippen LogP) is 2.13. The first-order chi connectivity index (χ1) is 10.2. The first-order valence-corrected chi connectivity index (χ1v) is 7.72. The molecule has 21 heavy (non-hydrogen) atoms. The molecule has 0 bridgehead atoms. The predicted molar refractivity (Wildman–Crippen MR) is 82.5 cm³/mol. The lowest BCUT2D eigenvalue weighted by molar-refractivity contribution is 0.0955. The van der Waals surface area contributed by atoms with Gasteiger partial charge in [0, 0.05) is 13.2 Å². The monoisotopic (exact) mass is 305 g/mol. The Morgan fingerprint density at radius 3 is 2.71 bits per heavy atom. The van der Waals surface area contributed by atoms with Crippen molar-refractivity contribution >= 4 is 17.4 Å². The lowest BCUT2D eigenvalue weighted by Gasteiger charge is -2.16. The molecular formula is C15H19N3O2S. The molecule has 0 aliphatic rings. The molecule has 1 unspecified atom stereocenters. The van der Waals surface area contributed by atoms with Gasteiger partial charge in [0.05, 0.1) is 5.69 Å². The zero-order valence-corrected chi connectivity index (χ0v) is 12.8. The largest absolute Gasteiger partial charge is 0.396 e. The van der Waals surface area contributed by atoms with Gasteiger partial charge in [0.2, 0.25) is 0 Å². The summed E-state index contributed by atoms with van der Waals surface area (Å²) in [4.78, 5) is 12.5. The van der Waals surface area contributed by atoms with Crippen LogP contribution in [0, 0.1) is 6.92 Å². The number of rotatable bonds is 7. The summed E-state index contributed by atoms with van der Waals surface area (Å²) in [5.74, 6) is 0.121. The van der Waals surface area contributed by atoms with E-state index in [1.54, 1.807) is 6.92 Å². The third kappa shape index (κ3) is 4.34. The Bertz CT molecular complexity index is 571. The molecule has 2 rings (SSSR count). The number of aryl methyl sites for hydroxylation is 1. The van der Waals surface area contributed by atoms with E-state index in [0.29, 0.717) is 23.5 Å². The maximum absolute atomic E-state index is 12.0. The van der Waals surface area contributed by atoms with Gasteiger partial charge in [-0.15, -0.1) is 5.10 Å². The number of hydrogen-bond donors (Lipinski definition) is 2. The summed E-state index contributed by atoms with van der Waals surface area (Å²) in [6.07, 6.45) is 1.49. The van der Waals surface area contributed by atoms with Crippen molar-refractivity contribution in [2.24, 2.45) is 0 Å². The number of carbonyl (C=O) groups excluding carboxylic acids is 1. The molecule has 0 aliphatic carbocycles. The highest BCUT2D eigenvalue weighted by Crippen LogP contribution is 2.22. The molecule has 2 N–H and O–H groups in total. The summed E-state index contributed by atoms with van der Waals surface area (Å²) in [7, 11) is 0. The molecular weight excluding hydrogens is 286 g/mol. The van der Waals surface area contributed by atoms with E-state index in [2.05, 4.69) is 27.0 Å². The molecule has 0 saturated carbocycles. The van der Waals surface area contributed by atoms with Crippen molar-refractivity contribution in [1.82, 2.24) is 14.9 Å². The van der Waals surface area contributed by atoms with E-state index in [4.69, 9.17) is 0 Å². The number of carbonyl (C=O) groups is 1. The molecule has 2 aromatic rings. The molecule has 6 heteroatoms. The standard InChI is InChI=1S/C15H19N3O2S/c1-11-14(21-18-17-11)15(20)16-9-7-13(8-10-19)12-5-3-2-4-6-12/h2-6,13,19H,7-10H2,1H3,(H,16,20). The molecule has 1 amide bonds. The van der Waals surface area contributed by atoms with Crippen molar-refractivity contribution in [1.29, 1.82) is 0 Å². The number of benzene rings is 1. The minimum absolute atomic E-state index is 0.127. The number of aliphatic hydroxyl groups excluding tert-OH is 1. The molecule has 0 fully saturated rings. The van der Waals surface area contributed by atoms with Gasteiger partial charge in [-0.2, -0.15) is 0 Å². The quantitative estimate of drug-likeness (QED) is 0.822. The molecule has 0 radical (unpaired) electrons. The van der Waals surface area contributed by atoms with Crippen LogP contribution in [0.1, 0.15) is 39.7 Å². The molecule has 0 aliphatic heterocycles. The van der Waals surface area contributed by atoms with E-state index in [9.17, 15) is 9.90 Å². The smallest absolute Gasteiger partial charge is 0.264 e. The fourth-order valence-corrected chi connectivity index (χ4v) is 2.81. The lowest BCUT2D eigenvalue weighted by Crippen LogP contribution is -2.25. The van der Waals surface area contributed by atoms with Crippen molar-refractivity contribution in [3.8, 4) is 0 Å². The second-order valence-corrected chi connectivity index (χ2v) is 5.61. The van der Waals surface area contributed by atoms with Crippen LogP contribution in [-0.2, 0) is 0 Å². The fraction of sp³-hybridized carbons (Fsp3) is 0.400. The van der Waals surface area contributed by atoms with Crippen molar-refractivity contribution in [3.63, 3.8) is 0 Å². The first-order valence-electron chi connectivity index (χ1n) is 6.95. The van der Waals surface area contributed by atoms with Crippen LogP contribution in [0.3, 0.4) is 0 Å². The van der Waals surface area contributed by atoms with Crippen LogP contribution in [0.25, 0.3) is 0 Å². The van der Waals surface area contributed by atoms with Crippen LogP contribution >= 0.6 is 11.5 Å². The minimum Gasteiger partial charge on any atom is -0.396 e. The van der Waals surface area contributed by atoms with Crippen LogP contribution in [-0.4, -0.2) is 33.8 Å². The van der Waals surface area contributed by atoms with Gasteiger partial charge in [-0.1, -0.05) is 34.8 Å². The Balaban J connectivity index is 1.88. The van der Waals surface area contributed by atoms with E-state index in [-0.39, 0.29) is 18.4 Å². The minimum atomic E-state index is -0.127. The van der Waals surface area contributed by atoms with Crippen LogP contribution in [0.2, 0.25) is 0 Å². The van der Waals surface area contributed by atoms with Crippen molar-refractivity contribution in [2.75, 3.05) is 13.2 Å². The fourth-order valence-electron chi connectivity index (χ4n) is 2.24. The molecule has 1 aromatic carbocycles. The number of hydrogen-bond acceptors (Lipinski definition) is 5. The Morgan fingerprint density at radius 1 is 1.33 bits per heavy atom.